The molecule has 1 saturated heterocycles. The van der Waals surface area contributed by atoms with Crippen molar-refractivity contribution in [3.05, 3.63) is 102 Å². The molecule has 0 spiro atoms. The van der Waals surface area contributed by atoms with Gasteiger partial charge in [-0.3, -0.25) is 0 Å². The molecule has 4 rings (SSSR count). The number of nitrogens with one attached hydrogen (secondary N) is 1. The fourth-order valence-corrected chi connectivity index (χ4v) is 4.31. The lowest BCUT2D eigenvalue weighted by atomic mass is 9.89. The highest BCUT2D eigenvalue weighted by Crippen LogP contribution is 2.25. The zero-order valence-electron chi connectivity index (χ0n) is 16.5. The monoisotopic (exact) mass is 370 g/mol. The van der Waals surface area contributed by atoms with E-state index in [4.69, 9.17) is 0 Å². The van der Waals surface area contributed by atoms with Gasteiger partial charge in [0, 0.05) is 18.8 Å². The Morgan fingerprint density at radius 2 is 1.25 bits per heavy atom. The molecular weight excluding hydrogens is 340 g/mol. The molecular formula is C26H30N2. The molecule has 1 heterocycles. The third-order valence-corrected chi connectivity index (χ3v) is 5.91. The van der Waals surface area contributed by atoms with Gasteiger partial charge in [0.05, 0.1) is 0 Å². The van der Waals surface area contributed by atoms with Crippen LogP contribution in [-0.2, 0) is 12.8 Å². The lowest BCUT2D eigenvalue weighted by molar-refractivity contribution is 0.414. The summed E-state index contributed by atoms with van der Waals surface area (Å²) in [6.07, 6.45) is 2.25. The number of hydrogen-bond donors (Lipinski definition) is 1. The zero-order chi connectivity index (χ0) is 19.0. The van der Waals surface area contributed by atoms with Crippen molar-refractivity contribution in [2.24, 2.45) is 11.8 Å². The molecule has 144 valence electrons. The number of nitrogens with zero attached hydrogens (tertiary/aromatic N) is 1. The molecule has 2 nitrogen and oxygen atoms in total. The first kappa shape index (κ1) is 18.8. The average Bonchev–Trinajstić information content (AvgIpc) is 3.19. The zero-order valence-corrected chi connectivity index (χ0v) is 16.5. The number of rotatable bonds is 8. The molecule has 0 aliphatic carbocycles. The Hall–Kier alpha value is -2.58. The van der Waals surface area contributed by atoms with Crippen LogP contribution in [0.2, 0.25) is 0 Å². The van der Waals surface area contributed by atoms with Crippen LogP contribution in [0.1, 0.15) is 11.1 Å². The molecule has 0 aromatic heterocycles. The van der Waals surface area contributed by atoms with Gasteiger partial charge in [-0.15, -0.1) is 0 Å². The summed E-state index contributed by atoms with van der Waals surface area (Å²) in [5.74, 6) is 1.38. The lowest BCUT2D eigenvalue weighted by Crippen LogP contribution is -2.35. The van der Waals surface area contributed by atoms with Crippen molar-refractivity contribution in [2.75, 3.05) is 31.1 Å². The molecule has 0 radical (unpaired) electrons. The van der Waals surface area contributed by atoms with Gasteiger partial charge in [0.25, 0.3) is 0 Å². The Kier molecular flexibility index (Phi) is 6.41. The van der Waals surface area contributed by atoms with Gasteiger partial charge in [-0.05, 0) is 61.0 Å². The van der Waals surface area contributed by atoms with E-state index in [1.54, 1.807) is 0 Å². The maximum atomic E-state index is 3.65. The normalized spacial score (nSPS) is 18.9. The fraction of sp³-hybridized carbons (Fsp3) is 0.308. The van der Waals surface area contributed by atoms with E-state index in [0.29, 0.717) is 11.8 Å². The number of anilines is 1. The van der Waals surface area contributed by atoms with Gasteiger partial charge < -0.3 is 10.2 Å². The molecule has 2 atom stereocenters. The van der Waals surface area contributed by atoms with Crippen LogP contribution in [0, 0.1) is 11.8 Å². The van der Waals surface area contributed by atoms with E-state index in [9.17, 15) is 0 Å². The summed E-state index contributed by atoms with van der Waals surface area (Å²) in [6.45, 7) is 4.41. The van der Waals surface area contributed by atoms with E-state index in [-0.39, 0.29) is 0 Å². The second-order valence-electron chi connectivity index (χ2n) is 7.89. The van der Waals surface area contributed by atoms with Crippen LogP contribution >= 0.6 is 0 Å². The number of benzene rings is 3. The van der Waals surface area contributed by atoms with Crippen molar-refractivity contribution in [3.63, 3.8) is 0 Å². The van der Waals surface area contributed by atoms with Crippen LogP contribution in [0.25, 0.3) is 0 Å². The Labute approximate surface area is 169 Å². The molecule has 1 aliphatic rings. The molecule has 1 fully saturated rings. The maximum Gasteiger partial charge on any atom is 0.0366 e. The summed E-state index contributed by atoms with van der Waals surface area (Å²) in [5, 5.41) is 3.65. The third-order valence-electron chi connectivity index (χ3n) is 5.91. The van der Waals surface area contributed by atoms with Crippen molar-refractivity contribution in [3.8, 4) is 0 Å². The molecule has 1 N–H and O–H groups in total. The summed E-state index contributed by atoms with van der Waals surface area (Å²) < 4.78 is 0. The minimum absolute atomic E-state index is 0.677. The van der Waals surface area contributed by atoms with Gasteiger partial charge in [0.1, 0.15) is 0 Å². The number of para-hydroxylation sites is 1. The quantitative estimate of drug-likeness (QED) is 0.612. The molecule has 0 saturated carbocycles. The number of hydrogen-bond acceptors (Lipinski definition) is 2. The Morgan fingerprint density at radius 3 is 1.93 bits per heavy atom. The minimum Gasteiger partial charge on any atom is -0.371 e. The first-order chi connectivity index (χ1) is 13.9. The summed E-state index contributed by atoms with van der Waals surface area (Å²) >= 11 is 0. The van der Waals surface area contributed by atoms with E-state index in [2.05, 4.69) is 101 Å². The van der Waals surface area contributed by atoms with E-state index >= 15 is 0 Å². The Morgan fingerprint density at radius 1 is 0.679 bits per heavy atom. The van der Waals surface area contributed by atoms with Gasteiger partial charge in [0.15, 0.2) is 0 Å². The first-order valence-corrected chi connectivity index (χ1v) is 10.5. The SMILES string of the molecule is c1ccc(CCN(C[C@@H]2CNC[C@H]2Cc2ccccc2)c2ccccc2)cc1. The molecule has 2 heteroatoms. The first-order valence-electron chi connectivity index (χ1n) is 10.5. The van der Waals surface area contributed by atoms with Crippen LogP contribution in [0.15, 0.2) is 91.0 Å². The van der Waals surface area contributed by atoms with Crippen molar-refractivity contribution < 1.29 is 0 Å². The highest BCUT2D eigenvalue weighted by atomic mass is 15.1. The topological polar surface area (TPSA) is 15.3 Å². The minimum atomic E-state index is 0.677. The highest BCUT2D eigenvalue weighted by molar-refractivity contribution is 5.46. The predicted molar refractivity (Wildman–Crippen MR) is 119 cm³/mol. The molecule has 28 heavy (non-hydrogen) atoms. The van der Waals surface area contributed by atoms with Gasteiger partial charge >= 0.3 is 0 Å². The van der Waals surface area contributed by atoms with Gasteiger partial charge in [-0.25, -0.2) is 0 Å². The van der Waals surface area contributed by atoms with Gasteiger partial charge in [-0.2, -0.15) is 0 Å². The van der Waals surface area contributed by atoms with Crippen molar-refractivity contribution in [2.45, 2.75) is 12.8 Å². The lowest BCUT2D eigenvalue weighted by Gasteiger charge is -2.30. The van der Waals surface area contributed by atoms with Gasteiger partial charge in [0.2, 0.25) is 0 Å². The second-order valence-corrected chi connectivity index (χ2v) is 7.89. The van der Waals surface area contributed by atoms with E-state index in [0.717, 1.165) is 32.6 Å². The van der Waals surface area contributed by atoms with Gasteiger partial charge in [-0.1, -0.05) is 78.9 Å². The summed E-state index contributed by atoms with van der Waals surface area (Å²) in [4.78, 5) is 2.59. The fourth-order valence-electron chi connectivity index (χ4n) is 4.31. The largest absolute Gasteiger partial charge is 0.371 e. The van der Waals surface area contributed by atoms with Crippen LogP contribution < -0.4 is 10.2 Å². The molecule has 1 aliphatic heterocycles. The molecule has 0 unspecified atom stereocenters. The van der Waals surface area contributed by atoms with Crippen LogP contribution in [0.5, 0.6) is 0 Å². The second kappa shape index (κ2) is 9.57. The summed E-state index contributed by atoms with van der Waals surface area (Å²) in [5.41, 5.74) is 4.20. The van der Waals surface area contributed by atoms with E-state index in [1.165, 1.54) is 23.2 Å². The van der Waals surface area contributed by atoms with E-state index in [1.807, 2.05) is 0 Å². The van der Waals surface area contributed by atoms with Crippen molar-refractivity contribution in [1.29, 1.82) is 0 Å². The van der Waals surface area contributed by atoms with Crippen LogP contribution in [0.3, 0.4) is 0 Å². The van der Waals surface area contributed by atoms with Crippen LogP contribution in [0.4, 0.5) is 5.69 Å². The van der Waals surface area contributed by atoms with Crippen LogP contribution in [-0.4, -0.2) is 26.2 Å². The predicted octanol–water partition coefficient (Wildman–Crippen LogP) is 4.81. The Bertz CT molecular complexity index is 817. The average molecular weight is 371 g/mol. The highest BCUT2D eigenvalue weighted by Gasteiger charge is 2.28. The molecule has 3 aromatic rings. The summed E-state index contributed by atoms with van der Waals surface area (Å²) in [6, 6.07) is 32.7. The van der Waals surface area contributed by atoms with Crippen molar-refractivity contribution in [1.82, 2.24) is 5.32 Å². The molecule has 0 amide bonds. The van der Waals surface area contributed by atoms with E-state index < -0.39 is 0 Å². The Balaban J connectivity index is 1.45. The van der Waals surface area contributed by atoms with Crippen molar-refractivity contribution >= 4 is 5.69 Å². The standard InChI is InChI=1S/C26H30N2/c1-4-10-22(11-5-1)16-17-28(26-14-8-3-9-15-26)21-25-20-27-19-24(25)18-23-12-6-2-7-13-23/h1-15,24-25,27H,16-21H2/t24-,25+/m1/s1. The molecule has 3 aromatic carbocycles. The molecule has 0 bridgehead atoms. The smallest absolute Gasteiger partial charge is 0.0366 e. The summed E-state index contributed by atoms with van der Waals surface area (Å²) in [7, 11) is 0. The maximum absolute atomic E-state index is 3.65. The third kappa shape index (κ3) is 5.02.